The molecule has 20 heavy (non-hydrogen) atoms. The van der Waals surface area contributed by atoms with Gasteiger partial charge >= 0.3 is 0 Å². The highest BCUT2D eigenvalue weighted by molar-refractivity contribution is 5.95. The van der Waals surface area contributed by atoms with E-state index in [9.17, 15) is 14.0 Å². The van der Waals surface area contributed by atoms with Gasteiger partial charge in [-0.1, -0.05) is 0 Å². The fraction of sp³-hybridized carbons (Fsp3) is 0.467. The van der Waals surface area contributed by atoms with Gasteiger partial charge in [0.2, 0.25) is 0 Å². The summed E-state index contributed by atoms with van der Waals surface area (Å²) in [5.41, 5.74) is 0.0289. The first kappa shape index (κ1) is 14.5. The standard InChI is InChI=1S/C15H18FNO3/c1-10(18)8-11-4-3-7-17(11)15(19)13-6-5-12(20-2)9-14(13)16/h5-6,9,11H,3-4,7-8H2,1-2H3. The summed E-state index contributed by atoms with van der Waals surface area (Å²) >= 11 is 0. The zero-order chi connectivity index (χ0) is 14.7. The van der Waals surface area contributed by atoms with Gasteiger partial charge in [0.05, 0.1) is 12.7 Å². The van der Waals surface area contributed by atoms with Crippen LogP contribution < -0.4 is 4.74 Å². The molecule has 1 saturated heterocycles. The summed E-state index contributed by atoms with van der Waals surface area (Å²) in [6.45, 7) is 2.08. The van der Waals surface area contributed by atoms with E-state index in [4.69, 9.17) is 4.74 Å². The molecule has 0 aliphatic carbocycles. The van der Waals surface area contributed by atoms with Crippen molar-refractivity contribution >= 4 is 11.7 Å². The van der Waals surface area contributed by atoms with Crippen LogP contribution in [-0.4, -0.2) is 36.3 Å². The van der Waals surface area contributed by atoms with Gasteiger partial charge in [0.15, 0.2) is 0 Å². The van der Waals surface area contributed by atoms with Crippen LogP contribution in [0, 0.1) is 5.82 Å². The van der Waals surface area contributed by atoms with Crippen LogP contribution in [0.5, 0.6) is 5.75 Å². The minimum atomic E-state index is -0.595. The molecule has 5 heteroatoms. The maximum Gasteiger partial charge on any atom is 0.257 e. The van der Waals surface area contributed by atoms with E-state index in [0.717, 1.165) is 12.8 Å². The normalized spacial score (nSPS) is 18.1. The molecule has 1 fully saturated rings. The van der Waals surface area contributed by atoms with Gasteiger partial charge in [-0.3, -0.25) is 9.59 Å². The van der Waals surface area contributed by atoms with E-state index in [1.807, 2.05) is 0 Å². The molecule has 0 spiro atoms. The Morgan fingerprint density at radius 3 is 2.80 bits per heavy atom. The Morgan fingerprint density at radius 1 is 1.45 bits per heavy atom. The van der Waals surface area contributed by atoms with Crippen LogP contribution in [0.15, 0.2) is 18.2 Å². The van der Waals surface area contributed by atoms with Crippen LogP contribution in [-0.2, 0) is 4.79 Å². The number of halogens is 1. The van der Waals surface area contributed by atoms with Crippen LogP contribution in [0.1, 0.15) is 36.5 Å². The molecule has 0 N–H and O–H groups in total. The number of rotatable bonds is 4. The van der Waals surface area contributed by atoms with Gasteiger partial charge in [0, 0.05) is 25.1 Å². The predicted octanol–water partition coefficient (Wildman–Crippen LogP) is 2.42. The number of carbonyl (C=O) groups excluding carboxylic acids is 2. The molecule has 108 valence electrons. The van der Waals surface area contributed by atoms with E-state index in [-0.39, 0.29) is 23.3 Å². The molecule has 1 aliphatic rings. The molecule has 1 heterocycles. The molecule has 2 rings (SSSR count). The van der Waals surface area contributed by atoms with Crippen molar-refractivity contribution in [1.29, 1.82) is 0 Å². The van der Waals surface area contributed by atoms with Crippen LogP contribution in [0.2, 0.25) is 0 Å². The summed E-state index contributed by atoms with van der Waals surface area (Å²) in [5, 5.41) is 0. The lowest BCUT2D eigenvalue weighted by atomic mass is 10.1. The van der Waals surface area contributed by atoms with E-state index < -0.39 is 5.82 Å². The number of Topliss-reactive ketones (excluding diaryl/α,β-unsaturated/α-hetero) is 1. The minimum Gasteiger partial charge on any atom is -0.497 e. The summed E-state index contributed by atoms with van der Waals surface area (Å²) < 4.78 is 18.9. The van der Waals surface area contributed by atoms with Crippen LogP contribution in [0.3, 0.4) is 0 Å². The Labute approximate surface area is 117 Å². The molecule has 1 atom stereocenters. The van der Waals surface area contributed by atoms with Crippen LogP contribution in [0.4, 0.5) is 4.39 Å². The molecule has 0 radical (unpaired) electrons. The lowest BCUT2D eigenvalue weighted by molar-refractivity contribution is -0.117. The third-order valence-electron chi connectivity index (χ3n) is 3.57. The third-order valence-corrected chi connectivity index (χ3v) is 3.57. The molecule has 1 aromatic carbocycles. The topological polar surface area (TPSA) is 46.6 Å². The summed E-state index contributed by atoms with van der Waals surface area (Å²) in [6.07, 6.45) is 1.98. The SMILES string of the molecule is COc1ccc(C(=O)N2CCCC2CC(C)=O)c(F)c1. The number of hydrogen-bond donors (Lipinski definition) is 0. The van der Waals surface area contributed by atoms with Gasteiger partial charge < -0.3 is 9.64 Å². The maximum atomic E-state index is 13.9. The van der Waals surface area contributed by atoms with E-state index >= 15 is 0 Å². The number of ether oxygens (including phenoxy) is 1. The molecule has 4 nitrogen and oxygen atoms in total. The lowest BCUT2D eigenvalue weighted by Crippen LogP contribution is -2.37. The largest absolute Gasteiger partial charge is 0.497 e. The first-order valence-electron chi connectivity index (χ1n) is 6.67. The zero-order valence-corrected chi connectivity index (χ0v) is 11.7. The van der Waals surface area contributed by atoms with Crippen molar-refractivity contribution in [3.8, 4) is 5.75 Å². The third kappa shape index (κ3) is 2.98. The number of benzene rings is 1. The predicted molar refractivity (Wildman–Crippen MR) is 72.3 cm³/mol. The summed E-state index contributed by atoms with van der Waals surface area (Å²) in [6, 6.07) is 4.08. The number of likely N-dealkylation sites (tertiary alicyclic amines) is 1. The minimum absolute atomic E-state index is 0.0289. The van der Waals surface area contributed by atoms with Crippen molar-refractivity contribution in [2.45, 2.75) is 32.2 Å². The molecule has 0 saturated carbocycles. The first-order chi connectivity index (χ1) is 9.52. The molecule has 1 aliphatic heterocycles. The van der Waals surface area contributed by atoms with Crippen molar-refractivity contribution in [3.63, 3.8) is 0 Å². The zero-order valence-electron chi connectivity index (χ0n) is 11.7. The quantitative estimate of drug-likeness (QED) is 0.850. The highest BCUT2D eigenvalue weighted by Crippen LogP contribution is 2.25. The Kier molecular flexibility index (Phi) is 4.37. The molecule has 0 aromatic heterocycles. The maximum absolute atomic E-state index is 13.9. The molecule has 0 bridgehead atoms. The van der Waals surface area contributed by atoms with Crippen LogP contribution in [0.25, 0.3) is 0 Å². The average Bonchev–Trinajstić information content (AvgIpc) is 2.85. The number of hydrogen-bond acceptors (Lipinski definition) is 3. The molecular weight excluding hydrogens is 261 g/mol. The van der Waals surface area contributed by atoms with E-state index in [2.05, 4.69) is 0 Å². The average molecular weight is 279 g/mol. The van der Waals surface area contributed by atoms with Crippen molar-refractivity contribution in [2.75, 3.05) is 13.7 Å². The van der Waals surface area contributed by atoms with Gasteiger partial charge in [0.25, 0.3) is 5.91 Å². The molecule has 1 aromatic rings. The smallest absolute Gasteiger partial charge is 0.257 e. The number of amides is 1. The number of carbonyl (C=O) groups is 2. The number of ketones is 1. The highest BCUT2D eigenvalue weighted by Gasteiger charge is 2.31. The van der Waals surface area contributed by atoms with Gasteiger partial charge in [0.1, 0.15) is 17.3 Å². The van der Waals surface area contributed by atoms with E-state index in [0.29, 0.717) is 18.7 Å². The van der Waals surface area contributed by atoms with Gasteiger partial charge in [-0.05, 0) is 31.9 Å². The summed E-state index contributed by atoms with van der Waals surface area (Å²) in [7, 11) is 1.44. The molecule has 1 unspecified atom stereocenters. The Balaban J connectivity index is 2.20. The summed E-state index contributed by atoms with van der Waals surface area (Å²) in [4.78, 5) is 25.2. The Hall–Kier alpha value is -1.91. The van der Waals surface area contributed by atoms with Crippen molar-refractivity contribution in [1.82, 2.24) is 4.90 Å². The van der Waals surface area contributed by atoms with E-state index in [1.165, 1.54) is 26.2 Å². The second-order valence-corrected chi connectivity index (χ2v) is 5.05. The highest BCUT2D eigenvalue weighted by atomic mass is 19.1. The second-order valence-electron chi connectivity index (χ2n) is 5.05. The van der Waals surface area contributed by atoms with Gasteiger partial charge in [-0.25, -0.2) is 4.39 Å². The van der Waals surface area contributed by atoms with E-state index in [1.54, 1.807) is 11.0 Å². The first-order valence-corrected chi connectivity index (χ1v) is 6.67. The Morgan fingerprint density at radius 2 is 2.20 bits per heavy atom. The fourth-order valence-electron chi connectivity index (χ4n) is 2.60. The number of methoxy groups -OCH3 is 1. The van der Waals surface area contributed by atoms with Crippen molar-refractivity contribution in [3.05, 3.63) is 29.6 Å². The van der Waals surface area contributed by atoms with Gasteiger partial charge in [-0.2, -0.15) is 0 Å². The fourth-order valence-corrected chi connectivity index (χ4v) is 2.60. The Bertz CT molecular complexity index is 530. The summed E-state index contributed by atoms with van der Waals surface area (Å²) in [5.74, 6) is -0.526. The molecular formula is C15H18FNO3. The van der Waals surface area contributed by atoms with Gasteiger partial charge in [-0.15, -0.1) is 0 Å². The van der Waals surface area contributed by atoms with Crippen LogP contribution >= 0.6 is 0 Å². The molecule has 1 amide bonds. The number of nitrogens with zero attached hydrogens (tertiary/aromatic N) is 1. The second kappa shape index (κ2) is 6.03. The van der Waals surface area contributed by atoms with Crippen molar-refractivity contribution < 1.29 is 18.7 Å². The van der Waals surface area contributed by atoms with Crippen molar-refractivity contribution in [2.24, 2.45) is 0 Å². The monoisotopic (exact) mass is 279 g/mol. The lowest BCUT2D eigenvalue weighted by Gasteiger charge is -2.24.